The van der Waals surface area contributed by atoms with Crippen LogP contribution in [0.1, 0.15) is 12.8 Å². The third-order valence-corrected chi connectivity index (χ3v) is 2.07. The molecule has 0 N–H and O–H groups in total. The van der Waals surface area contributed by atoms with Crippen molar-refractivity contribution in [3.05, 3.63) is 47.0 Å². The van der Waals surface area contributed by atoms with Gasteiger partial charge in [-0.05, 0) is 18.6 Å². The minimum absolute atomic E-state index is 0.606. The van der Waals surface area contributed by atoms with Gasteiger partial charge in [0.1, 0.15) is 6.29 Å². The predicted octanol–water partition coefficient (Wildman–Crippen LogP) is 4.14. The highest BCUT2D eigenvalue weighted by atomic mass is 35.5. The highest BCUT2D eigenvalue weighted by Crippen LogP contribution is 2.19. The fourth-order valence-corrected chi connectivity index (χ4v) is 0.897. The molecule has 0 amide bonds. The van der Waals surface area contributed by atoms with Crippen molar-refractivity contribution < 1.29 is 4.79 Å². The van der Waals surface area contributed by atoms with E-state index in [4.69, 9.17) is 23.2 Å². The van der Waals surface area contributed by atoms with E-state index < -0.39 is 0 Å². The van der Waals surface area contributed by atoms with E-state index in [1.807, 2.05) is 12.1 Å². The highest BCUT2D eigenvalue weighted by Gasteiger charge is 1.89. The SMILES string of the molecule is C=CCCC=O.Clc1ccccc1Cl. The minimum atomic E-state index is 0.606. The third kappa shape index (κ3) is 6.70. The number of halogens is 2. The first-order chi connectivity index (χ1) is 6.72. The smallest absolute Gasteiger partial charge is 0.120 e. The molecule has 1 rings (SSSR count). The number of carbonyl (C=O) groups is 1. The van der Waals surface area contributed by atoms with Gasteiger partial charge in [-0.2, -0.15) is 0 Å². The molecule has 1 aromatic carbocycles. The highest BCUT2D eigenvalue weighted by molar-refractivity contribution is 6.41. The summed E-state index contributed by atoms with van der Waals surface area (Å²) in [5.74, 6) is 0. The van der Waals surface area contributed by atoms with Crippen molar-refractivity contribution >= 4 is 29.5 Å². The Balaban J connectivity index is 0.000000255. The van der Waals surface area contributed by atoms with E-state index in [0.717, 1.165) is 12.7 Å². The molecule has 76 valence electrons. The number of carbonyl (C=O) groups excluding carboxylic acids is 1. The third-order valence-electron chi connectivity index (χ3n) is 1.31. The first kappa shape index (κ1) is 13.2. The molecular formula is C11H12Cl2O. The van der Waals surface area contributed by atoms with Crippen molar-refractivity contribution in [3.63, 3.8) is 0 Å². The van der Waals surface area contributed by atoms with Crippen LogP contribution >= 0.6 is 23.2 Å². The van der Waals surface area contributed by atoms with Crippen LogP contribution in [0.4, 0.5) is 0 Å². The number of rotatable bonds is 3. The van der Waals surface area contributed by atoms with Crippen LogP contribution in [-0.2, 0) is 4.79 Å². The Kier molecular flexibility index (Phi) is 8.30. The molecule has 0 bridgehead atoms. The van der Waals surface area contributed by atoms with Gasteiger partial charge in [-0.1, -0.05) is 41.4 Å². The average molecular weight is 231 g/mol. The van der Waals surface area contributed by atoms with Gasteiger partial charge >= 0.3 is 0 Å². The van der Waals surface area contributed by atoms with Crippen LogP contribution in [0.15, 0.2) is 36.9 Å². The lowest BCUT2D eigenvalue weighted by Crippen LogP contribution is -1.66. The van der Waals surface area contributed by atoms with Crippen LogP contribution in [-0.4, -0.2) is 6.29 Å². The molecule has 1 aromatic rings. The van der Waals surface area contributed by atoms with Crippen LogP contribution < -0.4 is 0 Å². The Labute approximate surface area is 94.3 Å². The molecule has 0 aromatic heterocycles. The average Bonchev–Trinajstić information content (AvgIpc) is 2.20. The van der Waals surface area contributed by atoms with Crippen LogP contribution in [0.25, 0.3) is 0 Å². The van der Waals surface area contributed by atoms with Crippen molar-refractivity contribution in [1.82, 2.24) is 0 Å². The summed E-state index contributed by atoms with van der Waals surface area (Å²) in [7, 11) is 0. The van der Waals surface area contributed by atoms with E-state index in [1.165, 1.54) is 0 Å². The lowest BCUT2D eigenvalue weighted by atomic mass is 10.3. The standard InChI is InChI=1S/C6H4Cl2.C5H8O/c7-5-3-1-2-4-6(5)8;1-2-3-4-5-6/h1-4H;2,5H,1,3-4H2. The Hall–Kier alpha value is -0.790. The van der Waals surface area contributed by atoms with Crippen LogP contribution in [0.5, 0.6) is 0 Å². The van der Waals surface area contributed by atoms with Gasteiger partial charge in [-0.25, -0.2) is 0 Å². The fourth-order valence-electron chi connectivity index (χ4n) is 0.625. The Bertz CT molecular complexity index is 255. The zero-order chi connectivity index (χ0) is 10.8. The lowest BCUT2D eigenvalue weighted by molar-refractivity contribution is -0.107. The molecule has 0 aliphatic heterocycles. The van der Waals surface area contributed by atoms with Crippen molar-refractivity contribution in [2.75, 3.05) is 0 Å². The van der Waals surface area contributed by atoms with Gasteiger partial charge in [0.25, 0.3) is 0 Å². The summed E-state index contributed by atoms with van der Waals surface area (Å²) in [5, 5.41) is 1.21. The van der Waals surface area contributed by atoms with Crippen molar-refractivity contribution in [1.29, 1.82) is 0 Å². The summed E-state index contributed by atoms with van der Waals surface area (Å²) >= 11 is 11.2. The van der Waals surface area contributed by atoms with Gasteiger partial charge in [0.2, 0.25) is 0 Å². The van der Waals surface area contributed by atoms with Crippen LogP contribution in [0, 0.1) is 0 Å². The molecule has 1 nitrogen and oxygen atoms in total. The van der Waals surface area contributed by atoms with Crippen molar-refractivity contribution in [3.8, 4) is 0 Å². The normalized spacial score (nSPS) is 8.43. The molecule has 0 atom stereocenters. The number of hydrogen-bond donors (Lipinski definition) is 0. The monoisotopic (exact) mass is 230 g/mol. The Morgan fingerprint density at radius 2 is 1.64 bits per heavy atom. The van der Waals surface area contributed by atoms with Crippen molar-refractivity contribution in [2.24, 2.45) is 0 Å². The molecule has 0 fully saturated rings. The van der Waals surface area contributed by atoms with E-state index in [2.05, 4.69) is 6.58 Å². The van der Waals surface area contributed by atoms with E-state index in [9.17, 15) is 4.79 Å². The van der Waals surface area contributed by atoms with Crippen LogP contribution in [0.3, 0.4) is 0 Å². The van der Waals surface area contributed by atoms with Gasteiger partial charge in [-0.3, -0.25) is 0 Å². The number of aldehydes is 1. The van der Waals surface area contributed by atoms with E-state index in [1.54, 1.807) is 18.2 Å². The molecule has 0 aliphatic rings. The summed E-state index contributed by atoms with van der Waals surface area (Å²) in [5.41, 5.74) is 0. The summed E-state index contributed by atoms with van der Waals surface area (Å²) in [6, 6.07) is 7.19. The minimum Gasteiger partial charge on any atom is -0.303 e. The lowest BCUT2D eigenvalue weighted by Gasteiger charge is -1.88. The molecule has 14 heavy (non-hydrogen) atoms. The number of unbranched alkanes of at least 4 members (excludes halogenated alkanes) is 1. The predicted molar refractivity (Wildman–Crippen MR) is 62.0 cm³/mol. The van der Waals surface area contributed by atoms with Crippen molar-refractivity contribution in [2.45, 2.75) is 12.8 Å². The molecule has 3 heteroatoms. The second kappa shape index (κ2) is 8.79. The van der Waals surface area contributed by atoms with Crippen LogP contribution in [0.2, 0.25) is 10.0 Å². The maximum Gasteiger partial charge on any atom is 0.120 e. The second-order valence-corrected chi connectivity index (χ2v) is 3.26. The van der Waals surface area contributed by atoms with Gasteiger partial charge < -0.3 is 4.79 Å². The Morgan fingerprint density at radius 3 is 1.86 bits per heavy atom. The summed E-state index contributed by atoms with van der Waals surface area (Å²) < 4.78 is 0. The zero-order valence-corrected chi connectivity index (χ0v) is 9.26. The van der Waals surface area contributed by atoms with Gasteiger partial charge in [0, 0.05) is 6.42 Å². The maximum absolute atomic E-state index is 9.52. The molecule has 0 unspecified atom stereocenters. The number of hydrogen-bond acceptors (Lipinski definition) is 1. The second-order valence-electron chi connectivity index (χ2n) is 2.45. The molecule has 0 aliphatic carbocycles. The molecule has 0 radical (unpaired) electrons. The van der Waals surface area contributed by atoms with E-state index in [-0.39, 0.29) is 0 Å². The maximum atomic E-state index is 9.52. The topological polar surface area (TPSA) is 17.1 Å². The van der Waals surface area contributed by atoms with Gasteiger partial charge in [0.05, 0.1) is 10.0 Å². The van der Waals surface area contributed by atoms with E-state index in [0.29, 0.717) is 16.5 Å². The molecule has 0 saturated heterocycles. The zero-order valence-electron chi connectivity index (χ0n) is 7.75. The first-order valence-corrected chi connectivity index (χ1v) is 4.92. The number of allylic oxidation sites excluding steroid dienone is 1. The quantitative estimate of drug-likeness (QED) is 0.434. The summed E-state index contributed by atoms with van der Waals surface area (Å²) in [4.78, 5) is 9.52. The first-order valence-electron chi connectivity index (χ1n) is 4.17. The van der Waals surface area contributed by atoms with Gasteiger partial charge in [-0.15, -0.1) is 6.58 Å². The summed E-state index contributed by atoms with van der Waals surface area (Å²) in [6.45, 7) is 3.44. The largest absolute Gasteiger partial charge is 0.303 e. The molecule has 0 spiro atoms. The Morgan fingerprint density at radius 1 is 1.14 bits per heavy atom. The molecule has 0 saturated carbocycles. The molecular weight excluding hydrogens is 219 g/mol. The van der Waals surface area contributed by atoms with Gasteiger partial charge in [0.15, 0.2) is 0 Å². The van der Waals surface area contributed by atoms with E-state index >= 15 is 0 Å². The summed E-state index contributed by atoms with van der Waals surface area (Å²) in [6.07, 6.45) is 4.04. The molecule has 0 heterocycles. The fraction of sp³-hybridized carbons (Fsp3) is 0.182. The number of benzene rings is 1.